The van der Waals surface area contributed by atoms with Crippen LogP contribution in [0, 0.1) is 0 Å². The molecule has 5 heteroatoms. The molecular formula is C2H2B2N3. The third-order valence-corrected chi connectivity index (χ3v) is 0.604. The van der Waals surface area contributed by atoms with Crippen molar-refractivity contribution in [2.75, 3.05) is 0 Å². The van der Waals surface area contributed by atoms with Crippen molar-refractivity contribution in [2.24, 2.45) is 0 Å². The highest BCUT2D eigenvalue weighted by Crippen LogP contribution is 1.55. The van der Waals surface area contributed by atoms with Crippen molar-refractivity contribution in [1.29, 1.82) is 0 Å². The van der Waals surface area contributed by atoms with E-state index in [0.717, 1.165) is 0 Å². The predicted molar refractivity (Wildman–Crippen MR) is 27.5 cm³/mol. The molecule has 0 saturated heterocycles. The first-order chi connectivity index (χ1) is 3.43. The van der Waals surface area contributed by atoms with E-state index in [0.29, 0.717) is 5.59 Å². The number of hydrogen-bond donors (Lipinski definition) is 1. The summed E-state index contributed by atoms with van der Waals surface area (Å²) in [6.45, 7) is 0. The van der Waals surface area contributed by atoms with Crippen molar-refractivity contribution in [1.82, 2.24) is 15.4 Å². The molecule has 0 aromatic carbocycles. The number of H-pyrrole nitrogens is 1. The second kappa shape index (κ2) is 1.82. The van der Waals surface area contributed by atoms with Crippen LogP contribution in [-0.4, -0.2) is 30.3 Å². The van der Waals surface area contributed by atoms with Crippen LogP contribution in [0.3, 0.4) is 0 Å². The highest BCUT2D eigenvalue weighted by atomic mass is 15.3. The maximum Gasteiger partial charge on any atom is 0.126 e. The number of hydrogen-bond acceptors (Lipinski definition) is 2. The van der Waals surface area contributed by atoms with Gasteiger partial charge in [-0.05, 0) is 0 Å². The van der Waals surface area contributed by atoms with Gasteiger partial charge in [0.2, 0.25) is 0 Å². The lowest BCUT2D eigenvalue weighted by atomic mass is 9.54. The van der Waals surface area contributed by atoms with E-state index < -0.39 is 0 Å². The number of nitrogens with zero attached hydrogens (tertiary/aromatic N) is 2. The Morgan fingerprint density at radius 3 is 3.00 bits per heavy atom. The van der Waals surface area contributed by atoms with Gasteiger partial charge in [0, 0.05) is 13.3 Å². The molecule has 1 N–H and O–H groups in total. The maximum absolute atomic E-state index is 5.05. The van der Waals surface area contributed by atoms with Crippen molar-refractivity contribution in [3.05, 3.63) is 6.20 Å². The Balaban J connectivity index is 2.76. The fraction of sp³-hybridized carbons (Fsp3) is 0. The van der Waals surface area contributed by atoms with Gasteiger partial charge in [-0.1, -0.05) is 0 Å². The molecule has 0 unspecified atom stereocenters. The third kappa shape index (κ3) is 0.824. The van der Waals surface area contributed by atoms with E-state index >= 15 is 0 Å². The predicted octanol–water partition coefficient (Wildman–Crippen LogP) is -1.78. The molecule has 0 saturated carbocycles. The van der Waals surface area contributed by atoms with E-state index in [4.69, 9.17) is 7.74 Å². The van der Waals surface area contributed by atoms with Crippen LogP contribution in [0.1, 0.15) is 0 Å². The molecule has 1 heterocycles. The lowest BCUT2D eigenvalue weighted by molar-refractivity contribution is 0.946. The molecule has 31 valence electrons. The number of nitrogens with one attached hydrogen (secondary N) is 1. The average Bonchev–Trinajstić information content (AvgIpc) is 2.14. The SMILES string of the molecule is [B][B]c1cn[nH]n1. The Bertz CT molecular complexity index is 125. The second-order valence-electron chi connectivity index (χ2n) is 1.06. The number of aromatic amines is 1. The molecule has 3 nitrogen and oxygen atoms in total. The molecule has 0 fully saturated rings. The fourth-order valence-electron chi connectivity index (χ4n) is 0.291. The molecule has 3 radical (unpaired) electrons. The quantitative estimate of drug-likeness (QED) is 0.414. The van der Waals surface area contributed by atoms with Crippen molar-refractivity contribution >= 4 is 20.5 Å². The molecule has 1 aromatic heterocycles. The second-order valence-corrected chi connectivity index (χ2v) is 1.06. The lowest BCUT2D eigenvalue weighted by Crippen LogP contribution is -2.14. The Morgan fingerprint density at radius 1 is 1.86 bits per heavy atom. The minimum Gasteiger partial charge on any atom is -0.199 e. The standard InChI is InChI=1S/C2H2B2N3/c3-4-2-1-5-7-6-2/h1H,(H,5,6,7). The van der Waals surface area contributed by atoms with Gasteiger partial charge in [0.1, 0.15) is 7.17 Å². The van der Waals surface area contributed by atoms with Crippen LogP contribution in [0.25, 0.3) is 0 Å². The van der Waals surface area contributed by atoms with E-state index in [1.165, 1.54) is 7.17 Å². The molecule has 0 spiro atoms. The first-order valence-corrected chi connectivity index (χ1v) is 1.84. The summed E-state index contributed by atoms with van der Waals surface area (Å²) in [7, 11) is 6.43. The smallest absolute Gasteiger partial charge is 0.126 e. The monoisotopic (exact) mass is 90.0 g/mol. The molecule has 0 amide bonds. The topological polar surface area (TPSA) is 41.6 Å². The Morgan fingerprint density at radius 2 is 2.71 bits per heavy atom. The zero-order valence-corrected chi connectivity index (χ0v) is 3.63. The number of rotatable bonds is 1. The van der Waals surface area contributed by atoms with Crippen molar-refractivity contribution in [3.8, 4) is 0 Å². The summed E-state index contributed by atoms with van der Waals surface area (Å²) in [5.41, 5.74) is 0.667. The van der Waals surface area contributed by atoms with Gasteiger partial charge in [0.15, 0.2) is 0 Å². The summed E-state index contributed by atoms with van der Waals surface area (Å²) in [5, 5.41) is 9.53. The van der Waals surface area contributed by atoms with Gasteiger partial charge in [-0.25, -0.2) is 0 Å². The third-order valence-electron chi connectivity index (χ3n) is 0.604. The summed E-state index contributed by atoms with van der Waals surface area (Å²) in [5.74, 6) is 0. The Hall–Kier alpha value is -0.730. The van der Waals surface area contributed by atoms with E-state index in [-0.39, 0.29) is 0 Å². The van der Waals surface area contributed by atoms with E-state index in [1.807, 2.05) is 0 Å². The molecule has 0 aliphatic heterocycles. The minimum atomic E-state index is 0.667. The summed E-state index contributed by atoms with van der Waals surface area (Å²) in [4.78, 5) is 0. The van der Waals surface area contributed by atoms with Gasteiger partial charge in [-0.3, -0.25) is 0 Å². The van der Waals surface area contributed by atoms with E-state index in [2.05, 4.69) is 15.4 Å². The van der Waals surface area contributed by atoms with Crippen LogP contribution >= 0.6 is 0 Å². The van der Waals surface area contributed by atoms with Gasteiger partial charge in [-0.15, -0.1) is 0 Å². The average molecular weight is 89.7 g/mol. The molecule has 0 aliphatic rings. The van der Waals surface area contributed by atoms with Gasteiger partial charge < -0.3 is 0 Å². The summed E-state index contributed by atoms with van der Waals surface area (Å²) in [6, 6.07) is 0. The number of aromatic nitrogens is 3. The molecule has 0 bridgehead atoms. The van der Waals surface area contributed by atoms with Crippen LogP contribution in [-0.2, 0) is 0 Å². The summed E-state index contributed by atoms with van der Waals surface area (Å²) >= 11 is 0. The first kappa shape index (κ1) is 4.43. The van der Waals surface area contributed by atoms with Crippen LogP contribution in [0.4, 0.5) is 0 Å². The fourth-order valence-corrected chi connectivity index (χ4v) is 0.291. The summed E-state index contributed by atoms with van der Waals surface area (Å²) in [6.07, 6.45) is 1.54. The zero-order valence-electron chi connectivity index (χ0n) is 3.63. The summed E-state index contributed by atoms with van der Waals surface area (Å²) < 4.78 is 0. The lowest BCUT2D eigenvalue weighted by Gasteiger charge is -1.73. The Labute approximate surface area is 43.1 Å². The minimum absolute atomic E-state index is 0.667. The molecule has 0 atom stereocenters. The van der Waals surface area contributed by atoms with Crippen LogP contribution < -0.4 is 5.59 Å². The van der Waals surface area contributed by atoms with Crippen LogP contribution in [0.5, 0.6) is 0 Å². The van der Waals surface area contributed by atoms with Crippen LogP contribution in [0.15, 0.2) is 6.20 Å². The normalized spacial score (nSPS) is 8.57. The zero-order chi connectivity index (χ0) is 5.11. The highest BCUT2D eigenvalue weighted by molar-refractivity contribution is 6.97. The highest BCUT2D eigenvalue weighted by Gasteiger charge is 1.86. The van der Waals surface area contributed by atoms with E-state index in [1.54, 1.807) is 6.20 Å². The van der Waals surface area contributed by atoms with Gasteiger partial charge in [0.05, 0.1) is 6.20 Å². The maximum atomic E-state index is 5.05. The Kier molecular flexibility index (Phi) is 1.15. The molecule has 0 aliphatic carbocycles. The molecular weight excluding hydrogens is 87.7 g/mol. The molecule has 1 aromatic rings. The van der Waals surface area contributed by atoms with Crippen LogP contribution in [0.2, 0.25) is 0 Å². The van der Waals surface area contributed by atoms with Gasteiger partial charge in [0.25, 0.3) is 0 Å². The van der Waals surface area contributed by atoms with Gasteiger partial charge in [-0.2, -0.15) is 15.4 Å². The molecule has 1 rings (SSSR count). The van der Waals surface area contributed by atoms with Crippen molar-refractivity contribution in [2.45, 2.75) is 0 Å². The van der Waals surface area contributed by atoms with Crippen molar-refractivity contribution in [3.63, 3.8) is 0 Å². The largest absolute Gasteiger partial charge is 0.199 e. The van der Waals surface area contributed by atoms with E-state index in [9.17, 15) is 0 Å². The van der Waals surface area contributed by atoms with Crippen molar-refractivity contribution < 1.29 is 0 Å². The van der Waals surface area contributed by atoms with Gasteiger partial charge >= 0.3 is 0 Å². The first-order valence-electron chi connectivity index (χ1n) is 1.84. The molecule has 7 heavy (non-hydrogen) atoms.